The van der Waals surface area contributed by atoms with Crippen LogP contribution in [0.4, 0.5) is 4.39 Å². The Morgan fingerprint density at radius 3 is 2.29 bits per heavy atom. The number of hydrogen-bond donors (Lipinski definition) is 1. The van der Waals surface area contributed by atoms with Crippen molar-refractivity contribution in [3.05, 3.63) is 83.9 Å². The van der Waals surface area contributed by atoms with Gasteiger partial charge in [-0.2, -0.15) is 12.8 Å². The maximum Gasteiger partial charge on any atom is 0.311 e. The number of amides is 1. The molecular formula is C24H23FN4O4S. The quantitative estimate of drug-likeness (QED) is 0.427. The minimum Gasteiger partial charge on any atom is -0.382 e. The molecule has 0 saturated carbocycles. The van der Waals surface area contributed by atoms with E-state index in [1.165, 1.54) is 50.2 Å². The monoisotopic (exact) mass is 482 g/mol. The second-order valence-corrected chi connectivity index (χ2v) is 10.2. The van der Waals surface area contributed by atoms with Gasteiger partial charge in [-0.15, -0.1) is 0 Å². The Hall–Kier alpha value is -3.79. The lowest BCUT2D eigenvalue weighted by molar-refractivity contribution is -0.129. The van der Waals surface area contributed by atoms with Crippen LogP contribution in [0.1, 0.15) is 25.0 Å². The van der Waals surface area contributed by atoms with Crippen LogP contribution < -0.4 is 9.92 Å². The molecule has 0 spiro atoms. The Morgan fingerprint density at radius 2 is 1.71 bits per heavy atom. The molecule has 0 aliphatic carbocycles. The minimum atomic E-state index is -3.85. The zero-order valence-corrected chi connectivity index (χ0v) is 19.6. The second kappa shape index (κ2) is 8.53. The number of benzene rings is 2. The highest BCUT2D eigenvalue weighted by molar-refractivity contribution is 7.87. The van der Waals surface area contributed by atoms with E-state index in [1.54, 1.807) is 42.5 Å². The molecule has 10 heteroatoms. The third kappa shape index (κ3) is 4.01. The van der Waals surface area contributed by atoms with E-state index in [0.29, 0.717) is 22.3 Å². The van der Waals surface area contributed by atoms with Gasteiger partial charge in [0, 0.05) is 18.8 Å². The summed E-state index contributed by atoms with van der Waals surface area (Å²) in [6, 6.07) is 16.1. The number of rotatable bonds is 6. The molecule has 1 aliphatic rings. The van der Waals surface area contributed by atoms with Gasteiger partial charge < -0.3 is 9.92 Å². The number of halogens is 1. The lowest BCUT2D eigenvalue weighted by Crippen LogP contribution is -2.41. The van der Waals surface area contributed by atoms with Crippen LogP contribution in [-0.2, 0) is 20.5 Å². The molecule has 4 rings (SSSR count). The van der Waals surface area contributed by atoms with Crippen molar-refractivity contribution in [1.29, 1.82) is 0 Å². The molecule has 0 radical (unpaired) electrons. The molecule has 34 heavy (non-hydrogen) atoms. The van der Waals surface area contributed by atoms with E-state index in [9.17, 15) is 17.6 Å². The normalized spacial score (nSPS) is 18.3. The SMILES string of the molecule is CC(C)S(=O)(=O)Oc1cccc(C2(c3cccc(-c4ccc(F)nc4)c3)N=C(N)N(C)C2=O)c1. The predicted molar refractivity (Wildman–Crippen MR) is 126 cm³/mol. The van der Waals surface area contributed by atoms with Crippen LogP contribution in [0.25, 0.3) is 11.1 Å². The molecule has 1 unspecified atom stereocenters. The van der Waals surface area contributed by atoms with Gasteiger partial charge in [0.15, 0.2) is 11.5 Å². The van der Waals surface area contributed by atoms with Crippen molar-refractivity contribution in [2.24, 2.45) is 10.7 Å². The van der Waals surface area contributed by atoms with Gasteiger partial charge in [-0.3, -0.25) is 9.69 Å². The molecule has 1 aromatic heterocycles. The summed E-state index contributed by atoms with van der Waals surface area (Å²) in [6.45, 7) is 3.02. The Labute approximate surface area is 197 Å². The lowest BCUT2D eigenvalue weighted by atomic mass is 9.81. The van der Waals surface area contributed by atoms with E-state index in [-0.39, 0.29) is 11.7 Å². The Bertz CT molecular complexity index is 1390. The van der Waals surface area contributed by atoms with E-state index in [1.807, 2.05) is 0 Å². The largest absolute Gasteiger partial charge is 0.382 e. The number of hydrogen-bond acceptors (Lipinski definition) is 7. The summed E-state index contributed by atoms with van der Waals surface area (Å²) >= 11 is 0. The maximum absolute atomic E-state index is 13.5. The van der Waals surface area contributed by atoms with Crippen LogP contribution in [-0.4, -0.2) is 42.5 Å². The fraction of sp³-hybridized carbons (Fsp3) is 0.208. The molecule has 1 aliphatic heterocycles. The summed E-state index contributed by atoms with van der Waals surface area (Å²) in [7, 11) is -2.34. The van der Waals surface area contributed by atoms with Crippen molar-refractivity contribution in [3.63, 3.8) is 0 Å². The number of carbonyl (C=O) groups is 1. The van der Waals surface area contributed by atoms with Crippen LogP contribution in [0.3, 0.4) is 0 Å². The van der Waals surface area contributed by atoms with E-state index >= 15 is 0 Å². The van der Waals surface area contributed by atoms with E-state index < -0.39 is 32.8 Å². The summed E-state index contributed by atoms with van der Waals surface area (Å²) in [5.74, 6) is -0.946. The summed E-state index contributed by atoms with van der Waals surface area (Å²) in [4.78, 5) is 23.0. The number of nitrogens with two attached hydrogens (primary N) is 1. The Kier molecular flexibility index (Phi) is 5.86. The molecule has 2 heterocycles. The van der Waals surface area contributed by atoms with Crippen LogP contribution in [0, 0.1) is 5.95 Å². The molecule has 3 aromatic rings. The molecule has 1 atom stereocenters. The smallest absolute Gasteiger partial charge is 0.311 e. The molecule has 0 bridgehead atoms. The zero-order valence-electron chi connectivity index (χ0n) is 18.8. The summed E-state index contributed by atoms with van der Waals surface area (Å²) in [5.41, 5.74) is 6.69. The molecule has 0 saturated heterocycles. The summed E-state index contributed by atoms with van der Waals surface area (Å²) in [5, 5.41) is -0.751. The fourth-order valence-corrected chi connectivity index (χ4v) is 4.22. The first-order chi connectivity index (χ1) is 16.0. The number of nitrogens with zero attached hydrogens (tertiary/aromatic N) is 3. The van der Waals surface area contributed by atoms with E-state index in [4.69, 9.17) is 9.92 Å². The summed E-state index contributed by atoms with van der Waals surface area (Å²) in [6.07, 6.45) is 1.40. The molecular weight excluding hydrogens is 459 g/mol. The maximum atomic E-state index is 13.5. The van der Waals surface area contributed by atoms with Crippen molar-refractivity contribution >= 4 is 22.0 Å². The Balaban J connectivity index is 1.88. The van der Waals surface area contributed by atoms with Crippen molar-refractivity contribution in [3.8, 4) is 16.9 Å². The third-order valence-corrected chi connectivity index (χ3v) is 7.20. The molecule has 176 valence electrons. The average molecular weight is 483 g/mol. The third-order valence-electron chi connectivity index (χ3n) is 5.62. The van der Waals surface area contributed by atoms with Crippen molar-refractivity contribution in [2.75, 3.05) is 7.05 Å². The van der Waals surface area contributed by atoms with Crippen LogP contribution >= 0.6 is 0 Å². The topological polar surface area (TPSA) is 115 Å². The van der Waals surface area contributed by atoms with Crippen LogP contribution in [0.5, 0.6) is 5.75 Å². The van der Waals surface area contributed by atoms with E-state index in [0.717, 1.165) is 0 Å². The highest BCUT2D eigenvalue weighted by atomic mass is 32.2. The number of likely N-dealkylation sites (N-methyl/N-ethyl adjacent to an activating group) is 1. The highest BCUT2D eigenvalue weighted by Gasteiger charge is 2.49. The molecule has 8 nitrogen and oxygen atoms in total. The fourth-order valence-electron chi connectivity index (χ4n) is 3.66. The molecule has 1 amide bonds. The first-order valence-electron chi connectivity index (χ1n) is 10.4. The van der Waals surface area contributed by atoms with Gasteiger partial charge in [-0.25, -0.2) is 9.98 Å². The molecule has 2 aromatic carbocycles. The standard InChI is InChI=1S/C24H23FN4O4S/c1-15(2)34(31,32)33-20-9-5-8-19(13-20)24(22(30)29(3)23(26)28-24)18-7-4-6-16(12-18)17-10-11-21(25)27-14-17/h4-15H,1-3H3,(H2,26,28). The highest BCUT2D eigenvalue weighted by Crippen LogP contribution is 2.41. The van der Waals surface area contributed by atoms with Crippen LogP contribution in [0.15, 0.2) is 71.9 Å². The number of carbonyl (C=O) groups excluding carboxylic acids is 1. The zero-order chi connectivity index (χ0) is 24.7. The van der Waals surface area contributed by atoms with Crippen molar-refractivity contribution < 1.29 is 21.8 Å². The van der Waals surface area contributed by atoms with Gasteiger partial charge in [0.05, 0.1) is 5.25 Å². The van der Waals surface area contributed by atoms with Gasteiger partial charge in [-0.1, -0.05) is 30.3 Å². The van der Waals surface area contributed by atoms with Crippen LogP contribution in [0.2, 0.25) is 0 Å². The second-order valence-electron chi connectivity index (χ2n) is 8.15. The Morgan fingerprint density at radius 1 is 1.03 bits per heavy atom. The van der Waals surface area contributed by atoms with Crippen molar-refractivity contribution in [2.45, 2.75) is 24.6 Å². The molecule has 2 N–H and O–H groups in total. The first-order valence-corrected chi connectivity index (χ1v) is 11.9. The number of aromatic nitrogens is 1. The van der Waals surface area contributed by atoms with Gasteiger partial charge in [0.1, 0.15) is 5.75 Å². The lowest BCUT2D eigenvalue weighted by Gasteiger charge is -2.27. The van der Waals surface area contributed by atoms with Gasteiger partial charge in [-0.05, 0) is 60.9 Å². The summed E-state index contributed by atoms with van der Waals surface area (Å²) < 4.78 is 43.2. The number of guanidine groups is 1. The molecule has 0 fully saturated rings. The van der Waals surface area contributed by atoms with Crippen molar-refractivity contribution in [1.82, 2.24) is 9.88 Å². The van der Waals surface area contributed by atoms with Gasteiger partial charge in [0.25, 0.3) is 5.91 Å². The van der Waals surface area contributed by atoms with Gasteiger partial charge in [0.2, 0.25) is 5.95 Å². The van der Waals surface area contributed by atoms with Gasteiger partial charge >= 0.3 is 10.1 Å². The number of aliphatic imine (C=N–C) groups is 1. The minimum absolute atomic E-state index is 0.0139. The number of pyridine rings is 1. The first kappa shape index (κ1) is 23.4. The predicted octanol–water partition coefficient (Wildman–Crippen LogP) is 3.04. The van der Waals surface area contributed by atoms with E-state index in [2.05, 4.69) is 9.98 Å². The average Bonchev–Trinajstić information content (AvgIpc) is 3.04.